The standard InChI is InChI=1S/C19H15BrN4O2S/c1-13-2-8-17(9-3-13)27(25,26)23-16-6-4-14(5-7-16)19-18-10-15(20)11-24(18)22-12-21-19/h2-12,23H,1H3. The summed E-state index contributed by atoms with van der Waals surface area (Å²) in [6, 6.07) is 15.8. The Morgan fingerprint density at radius 3 is 2.44 bits per heavy atom. The lowest BCUT2D eigenvalue weighted by Gasteiger charge is -2.09. The van der Waals surface area contributed by atoms with Crippen LogP contribution in [0.15, 0.2) is 76.5 Å². The molecule has 27 heavy (non-hydrogen) atoms. The van der Waals surface area contributed by atoms with Crippen LogP contribution in [0.1, 0.15) is 5.56 Å². The van der Waals surface area contributed by atoms with Gasteiger partial charge in [0.15, 0.2) is 0 Å². The van der Waals surface area contributed by atoms with Crippen LogP contribution in [0.4, 0.5) is 5.69 Å². The Labute approximate surface area is 165 Å². The third kappa shape index (κ3) is 3.58. The molecule has 0 saturated carbocycles. The second kappa shape index (κ2) is 6.79. The lowest BCUT2D eigenvalue weighted by Crippen LogP contribution is -2.12. The maximum absolute atomic E-state index is 12.5. The van der Waals surface area contributed by atoms with Crippen LogP contribution in [0.2, 0.25) is 0 Å². The zero-order chi connectivity index (χ0) is 19.0. The molecule has 0 spiro atoms. The van der Waals surface area contributed by atoms with Gasteiger partial charge in [-0.25, -0.2) is 17.9 Å². The van der Waals surface area contributed by atoms with Gasteiger partial charge in [-0.1, -0.05) is 29.8 Å². The molecule has 0 unspecified atom stereocenters. The first kappa shape index (κ1) is 17.7. The highest BCUT2D eigenvalue weighted by Gasteiger charge is 2.14. The van der Waals surface area contributed by atoms with Crippen molar-refractivity contribution in [2.24, 2.45) is 0 Å². The number of hydrogen-bond donors (Lipinski definition) is 1. The van der Waals surface area contributed by atoms with E-state index in [4.69, 9.17) is 0 Å². The second-order valence-electron chi connectivity index (χ2n) is 6.09. The van der Waals surface area contributed by atoms with Crippen molar-refractivity contribution in [3.8, 4) is 11.3 Å². The van der Waals surface area contributed by atoms with E-state index in [9.17, 15) is 8.42 Å². The van der Waals surface area contributed by atoms with Gasteiger partial charge in [-0.05, 0) is 53.2 Å². The van der Waals surface area contributed by atoms with E-state index in [1.165, 1.54) is 6.33 Å². The van der Waals surface area contributed by atoms with Gasteiger partial charge in [0.1, 0.15) is 6.33 Å². The highest BCUT2D eigenvalue weighted by molar-refractivity contribution is 9.10. The Kier molecular flexibility index (Phi) is 4.45. The summed E-state index contributed by atoms with van der Waals surface area (Å²) >= 11 is 3.44. The summed E-state index contributed by atoms with van der Waals surface area (Å²) in [7, 11) is -3.62. The Hall–Kier alpha value is -2.71. The molecule has 0 radical (unpaired) electrons. The van der Waals surface area contributed by atoms with Gasteiger partial charge in [0.05, 0.1) is 16.1 Å². The molecule has 1 N–H and O–H groups in total. The average molecular weight is 443 g/mol. The van der Waals surface area contributed by atoms with Crippen molar-refractivity contribution in [1.82, 2.24) is 14.6 Å². The number of benzene rings is 2. The van der Waals surface area contributed by atoms with Crippen molar-refractivity contribution < 1.29 is 8.42 Å². The molecule has 0 aliphatic rings. The molecular formula is C19H15BrN4O2S. The van der Waals surface area contributed by atoms with Crippen molar-refractivity contribution >= 4 is 37.2 Å². The molecule has 0 fully saturated rings. The highest BCUT2D eigenvalue weighted by atomic mass is 79.9. The van der Waals surface area contributed by atoms with E-state index in [1.807, 2.05) is 31.3 Å². The molecule has 0 aliphatic heterocycles. The minimum absolute atomic E-state index is 0.229. The molecule has 0 aliphatic carbocycles. The molecule has 0 saturated heterocycles. The third-order valence-electron chi connectivity index (χ3n) is 4.11. The zero-order valence-electron chi connectivity index (χ0n) is 14.3. The van der Waals surface area contributed by atoms with Crippen LogP contribution >= 0.6 is 15.9 Å². The van der Waals surface area contributed by atoms with Crippen molar-refractivity contribution in [2.45, 2.75) is 11.8 Å². The first-order valence-electron chi connectivity index (χ1n) is 8.11. The Balaban J connectivity index is 1.63. The maximum Gasteiger partial charge on any atom is 0.261 e. The minimum atomic E-state index is -3.62. The van der Waals surface area contributed by atoms with Gasteiger partial charge in [0, 0.05) is 21.9 Å². The van der Waals surface area contributed by atoms with E-state index < -0.39 is 10.0 Å². The molecule has 8 heteroatoms. The highest BCUT2D eigenvalue weighted by Crippen LogP contribution is 2.26. The fourth-order valence-electron chi connectivity index (χ4n) is 2.75. The smallest absolute Gasteiger partial charge is 0.261 e. The minimum Gasteiger partial charge on any atom is -0.280 e. The molecule has 6 nitrogen and oxygen atoms in total. The number of rotatable bonds is 4. The van der Waals surface area contributed by atoms with E-state index >= 15 is 0 Å². The van der Waals surface area contributed by atoms with Gasteiger partial charge in [0.2, 0.25) is 0 Å². The summed E-state index contributed by atoms with van der Waals surface area (Å²) in [5.41, 5.74) is 3.99. The van der Waals surface area contributed by atoms with E-state index in [-0.39, 0.29) is 4.90 Å². The molecule has 136 valence electrons. The topological polar surface area (TPSA) is 76.4 Å². The van der Waals surface area contributed by atoms with E-state index in [0.717, 1.165) is 26.8 Å². The third-order valence-corrected chi connectivity index (χ3v) is 5.95. The number of nitrogens with zero attached hydrogens (tertiary/aromatic N) is 3. The van der Waals surface area contributed by atoms with E-state index in [2.05, 4.69) is 30.7 Å². The van der Waals surface area contributed by atoms with Gasteiger partial charge in [0.25, 0.3) is 10.0 Å². The number of hydrogen-bond acceptors (Lipinski definition) is 4. The van der Waals surface area contributed by atoms with E-state index in [0.29, 0.717) is 5.69 Å². The van der Waals surface area contributed by atoms with Gasteiger partial charge in [-0.3, -0.25) is 4.72 Å². The quantitative estimate of drug-likeness (QED) is 0.511. The number of aromatic nitrogens is 3. The van der Waals surface area contributed by atoms with Crippen molar-refractivity contribution in [2.75, 3.05) is 4.72 Å². The first-order valence-corrected chi connectivity index (χ1v) is 10.4. The fourth-order valence-corrected chi connectivity index (χ4v) is 4.22. The summed E-state index contributed by atoms with van der Waals surface area (Å²) in [4.78, 5) is 4.59. The van der Waals surface area contributed by atoms with Crippen LogP contribution in [0.25, 0.3) is 16.8 Å². The molecule has 0 bridgehead atoms. The van der Waals surface area contributed by atoms with Crippen LogP contribution in [0.5, 0.6) is 0 Å². The maximum atomic E-state index is 12.5. The number of anilines is 1. The predicted octanol–water partition coefficient (Wildman–Crippen LogP) is 4.27. The molecule has 0 amide bonds. The molecule has 2 aromatic carbocycles. The van der Waals surface area contributed by atoms with Gasteiger partial charge < -0.3 is 0 Å². The SMILES string of the molecule is Cc1ccc(S(=O)(=O)Nc2ccc(-c3ncnn4cc(Br)cc34)cc2)cc1. The average Bonchev–Trinajstić information content (AvgIpc) is 3.02. The van der Waals surface area contributed by atoms with Crippen LogP contribution in [-0.2, 0) is 10.0 Å². The number of aryl methyl sites for hydroxylation is 1. The number of halogens is 1. The second-order valence-corrected chi connectivity index (χ2v) is 8.69. The molecule has 2 aromatic heterocycles. The largest absolute Gasteiger partial charge is 0.280 e. The normalized spacial score (nSPS) is 11.6. The van der Waals surface area contributed by atoms with Crippen LogP contribution in [0.3, 0.4) is 0 Å². The van der Waals surface area contributed by atoms with Gasteiger partial charge in [-0.2, -0.15) is 5.10 Å². The Bertz CT molecular complexity index is 1220. The van der Waals surface area contributed by atoms with Gasteiger partial charge >= 0.3 is 0 Å². The van der Waals surface area contributed by atoms with Crippen molar-refractivity contribution in [3.63, 3.8) is 0 Å². The zero-order valence-corrected chi connectivity index (χ0v) is 16.7. The van der Waals surface area contributed by atoms with Crippen molar-refractivity contribution in [1.29, 1.82) is 0 Å². The molecular weight excluding hydrogens is 428 g/mol. The molecule has 4 aromatic rings. The molecule has 2 heterocycles. The summed E-state index contributed by atoms with van der Waals surface area (Å²) < 4.78 is 30.3. The summed E-state index contributed by atoms with van der Waals surface area (Å²) in [5.74, 6) is 0. The van der Waals surface area contributed by atoms with E-state index in [1.54, 1.807) is 40.9 Å². The Morgan fingerprint density at radius 2 is 1.74 bits per heavy atom. The number of fused-ring (bicyclic) bond motifs is 1. The fraction of sp³-hybridized carbons (Fsp3) is 0.0526. The summed E-state index contributed by atoms with van der Waals surface area (Å²) in [5, 5.41) is 4.18. The summed E-state index contributed by atoms with van der Waals surface area (Å²) in [6.07, 6.45) is 3.34. The van der Waals surface area contributed by atoms with Gasteiger partial charge in [-0.15, -0.1) is 0 Å². The Morgan fingerprint density at radius 1 is 1.04 bits per heavy atom. The van der Waals surface area contributed by atoms with Crippen molar-refractivity contribution in [3.05, 3.63) is 77.2 Å². The summed E-state index contributed by atoms with van der Waals surface area (Å²) in [6.45, 7) is 1.91. The van der Waals surface area contributed by atoms with Crippen LogP contribution in [0, 0.1) is 6.92 Å². The lowest BCUT2D eigenvalue weighted by atomic mass is 10.1. The van der Waals surface area contributed by atoms with Crippen LogP contribution < -0.4 is 4.72 Å². The first-order chi connectivity index (χ1) is 12.9. The lowest BCUT2D eigenvalue weighted by molar-refractivity contribution is 0.601. The molecule has 4 rings (SSSR count). The van der Waals surface area contributed by atoms with Crippen LogP contribution in [-0.4, -0.2) is 23.0 Å². The number of nitrogens with one attached hydrogen (secondary N) is 1. The monoisotopic (exact) mass is 442 g/mol. The number of sulfonamides is 1. The predicted molar refractivity (Wildman–Crippen MR) is 108 cm³/mol. The molecule has 0 atom stereocenters.